The van der Waals surface area contributed by atoms with Gasteiger partial charge in [-0.25, -0.2) is 0 Å². The number of rotatable bonds is 3. The fourth-order valence-electron chi connectivity index (χ4n) is 2.50. The Labute approximate surface area is 132 Å². The summed E-state index contributed by atoms with van der Waals surface area (Å²) in [6.07, 6.45) is 2.62. The normalized spacial score (nSPS) is 17.6. The summed E-state index contributed by atoms with van der Waals surface area (Å²) in [6, 6.07) is 6.78. The van der Waals surface area contributed by atoms with Crippen molar-refractivity contribution in [1.29, 1.82) is 0 Å². The van der Waals surface area contributed by atoms with Crippen molar-refractivity contribution in [2.45, 2.75) is 52.6 Å². The van der Waals surface area contributed by atoms with Crippen LogP contribution >= 0.6 is 15.9 Å². The van der Waals surface area contributed by atoms with Crippen LogP contribution in [0.2, 0.25) is 0 Å². The van der Waals surface area contributed by atoms with Crippen molar-refractivity contribution in [3.8, 4) is 0 Å². The Hall–Kier alpha value is -0.540. The van der Waals surface area contributed by atoms with Gasteiger partial charge in [0.15, 0.2) is 0 Å². The predicted octanol–water partition coefficient (Wildman–Crippen LogP) is 4.57. The smallest absolute Gasteiger partial charge is 0.0377 e. The maximum Gasteiger partial charge on any atom is 0.0377 e. The maximum absolute atomic E-state index is 3.73. The molecule has 112 valence electrons. The van der Waals surface area contributed by atoms with Gasteiger partial charge in [0, 0.05) is 35.3 Å². The highest BCUT2D eigenvalue weighted by Gasteiger charge is 2.17. The van der Waals surface area contributed by atoms with Crippen LogP contribution in [-0.2, 0) is 6.54 Å². The van der Waals surface area contributed by atoms with Gasteiger partial charge in [-0.2, -0.15) is 0 Å². The van der Waals surface area contributed by atoms with E-state index >= 15 is 0 Å². The van der Waals surface area contributed by atoms with Gasteiger partial charge in [-0.15, -0.1) is 0 Å². The molecule has 1 fully saturated rings. The number of benzene rings is 1. The van der Waals surface area contributed by atoms with Crippen LogP contribution in [0.3, 0.4) is 0 Å². The lowest BCUT2D eigenvalue weighted by molar-refractivity contribution is 0.423. The van der Waals surface area contributed by atoms with Gasteiger partial charge in [0.25, 0.3) is 0 Å². The van der Waals surface area contributed by atoms with E-state index in [1.807, 2.05) is 0 Å². The molecule has 1 aliphatic rings. The van der Waals surface area contributed by atoms with E-state index in [9.17, 15) is 0 Å². The molecule has 0 bridgehead atoms. The Balaban J connectivity index is 2.02. The van der Waals surface area contributed by atoms with Gasteiger partial charge >= 0.3 is 0 Å². The van der Waals surface area contributed by atoms with Crippen LogP contribution in [0.15, 0.2) is 22.7 Å². The van der Waals surface area contributed by atoms with E-state index in [0.717, 1.165) is 12.5 Å². The average Bonchev–Trinajstić information content (AvgIpc) is 2.37. The van der Waals surface area contributed by atoms with E-state index < -0.39 is 0 Å². The Morgan fingerprint density at radius 2 is 1.90 bits per heavy atom. The summed E-state index contributed by atoms with van der Waals surface area (Å²) in [5.41, 5.74) is 2.83. The second-order valence-electron chi connectivity index (χ2n) is 7.05. The predicted molar refractivity (Wildman–Crippen MR) is 91.3 cm³/mol. The molecular formula is C17H27BrN2. The molecule has 0 radical (unpaired) electrons. The molecule has 1 saturated heterocycles. The number of nitrogens with one attached hydrogen (secondary N) is 1. The molecule has 0 unspecified atom stereocenters. The van der Waals surface area contributed by atoms with E-state index in [1.165, 1.54) is 41.7 Å². The molecule has 0 saturated carbocycles. The van der Waals surface area contributed by atoms with Crippen molar-refractivity contribution < 1.29 is 0 Å². The minimum Gasteiger partial charge on any atom is -0.371 e. The molecule has 0 spiro atoms. The second-order valence-corrected chi connectivity index (χ2v) is 7.90. The molecular weight excluding hydrogens is 312 g/mol. The minimum absolute atomic E-state index is 0.154. The molecule has 1 aliphatic heterocycles. The van der Waals surface area contributed by atoms with Crippen molar-refractivity contribution in [1.82, 2.24) is 5.32 Å². The van der Waals surface area contributed by atoms with Gasteiger partial charge in [0.2, 0.25) is 0 Å². The van der Waals surface area contributed by atoms with Crippen molar-refractivity contribution in [3.05, 3.63) is 28.2 Å². The zero-order valence-corrected chi connectivity index (χ0v) is 14.8. The first kappa shape index (κ1) is 15.8. The number of anilines is 1. The van der Waals surface area contributed by atoms with Gasteiger partial charge in [0.1, 0.15) is 0 Å². The number of hydrogen-bond acceptors (Lipinski definition) is 2. The van der Waals surface area contributed by atoms with Crippen molar-refractivity contribution in [3.63, 3.8) is 0 Å². The largest absolute Gasteiger partial charge is 0.371 e. The van der Waals surface area contributed by atoms with Gasteiger partial charge in [-0.3, -0.25) is 0 Å². The fraction of sp³-hybridized carbons (Fsp3) is 0.647. The molecule has 20 heavy (non-hydrogen) atoms. The highest BCUT2D eigenvalue weighted by molar-refractivity contribution is 9.10. The molecule has 0 amide bonds. The third-order valence-electron chi connectivity index (χ3n) is 3.99. The van der Waals surface area contributed by atoms with E-state index in [0.29, 0.717) is 0 Å². The Bertz CT molecular complexity index is 443. The summed E-state index contributed by atoms with van der Waals surface area (Å²) in [7, 11) is 0. The van der Waals surface area contributed by atoms with Crippen LogP contribution in [0.1, 0.15) is 46.1 Å². The maximum atomic E-state index is 3.73. The zero-order valence-electron chi connectivity index (χ0n) is 13.2. The SMILES string of the molecule is CC1CCN(c2ccc(CNC(C)(C)C)c(Br)c2)CC1. The number of nitrogens with zero attached hydrogens (tertiary/aromatic N) is 1. The lowest BCUT2D eigenvalue weighted by Gasteiger charge is -2.32. The van der Waals surface area contributed by atoms with Crippen molar-refractivity contribution in [2.24, 2.45) is 5.92 Å². The van der Waals surface area contributed by atoms with Crippen LogP contribution in [0.5, 0.6) is 0 Å². The summed E-state index contributed by atoms with van der Waals surface area (Å²) >= 11 is 3.73. The highest BCUT2D eigenvalue weighted by Crippen LogP contribution is 2.28. The van der Waals surface area contributed by atoms with Crippen LogP contribution < -0.4 is 10.2 Å². The minimum atomic E-state index is 0.154. The van der Waals surface area contributed by atoms with E-state index in [2.05, 4.69) is 72.0 Å². The molecule has 3 heteroatoms. The van der Waals surface area contributed by atoms with Gasteiger partial charge in [-0.1, -0.05) is 28.9 Å². The number of hydrogen-bond donors (Lipinski definition) is 1. The quantitative estimate of drug-likeness (QED) is 0.868. The van der Waals surface area contributed by atoms with Crippen LogP contribution in [-0.4, -0.2) is 18.6 Å². The van der Waals surface area contributed by atoms with Crippen LogP contribution in [0, 0.1) is 5.92 Å². The van der Waals surface area contributed by atoms with Gasteiger partial charge < -0.3 is 10.2 Å². The lowest BCUT2D eigenvalue weighted by atomic mass is 9.98. The summed E-state index contributed by atoms with van der Waals surface area (Å²) in [4.78, 5) is 2.51. The standard InChI is InChI=1S/C17H27BrN2/c1-13-7-9-20(10-8-13)15-6-5-14(16(18)11-15)12-19-17(2,3)4/h5-6,11,13,19H,7-10,12H2,1-4H3. The van der Waals surface area contributed by atoms with Crippen molar-refractivity contribution >= 4 is 21.6 Å². The third kappa shape index (κ3) is 4.49. The fourth-order valence-corrected chi connectivity index (χ4v) is 3.01. The Morgan fingerprint density at radius 3 is 2.45 bits per heavy atom. The first-order chi connectivity index (χ1) is 9.35. The molecule has 2 rings (SSSR count). The summed E-state index contributed by atoms with van der Waals surface area (Å²) in [5.74, 6) is 0.880. The highest BCUT2D eigenvalue weighted by atomic mass is 79.9. The monoisotopic (exact) mass is 338 g/mol. The molecule has 0 atom stereocenters. The van der Waals surface area contributed by atoms with E-state index in [-0.39, 0.29) is 5.54 Å². The number of piperidine rings is 1. The average molecular weight is 339 g/mol. The second kappa shape index (κ2) is 6.48. The Kier molecular flexibility index (Phi) is 5.14. The summed E-state index contributed by atoms with van der Waals surface area (Å²) in [6.45, 7) is 12.2. The van der Waals surface area contributed by atoms with Gasteiger partial charge in [0.05, 0.1) is 0 Å². The lowest BCUT2D eigenvalue weighted by Crippen LogP contribution is -2.35. The molecule has 1 heterocycles. The van der Waals surface area contributed by atoms with E-state index in [4.69, 9.17) is 0 Å². The Morgan fingerprint density at radius 1 is 1.25 bits per heavy atom. The third-order valence-corrected chi connectivity index (χ3v) is 4.73. The van der Waals surface area contributed by atoms with Gasteiger partial charge in [-0.05, 0) is 57.2 Å². The zero-order chi connectivity index (χ0) is 14.8. The number of halogens is 1. The van der Waals surface area contributed by atoms with Crippen molar-refractivity contribution in [2.75, 3.05) is 18.0 Å². The van der Waals surface area contributed by atoms with E-state index in [1.54, 1.807) is 0 Å². The summed E-state index contributed by atoms with van der Waals surface area (Å²) < 4.78 is 1.21. The molecule has 1 N–H and O–H groups in total. The molecule has 1 aromatic rings. The topological polar surface area (TPSA) is 15.3 Å². The molecule has 0 aromatic heterocycles. The first-order valence-corrected chi connectivity index (χ1v) is 8.43. The first-order valence-electron chi connectivity index (χ1n) is 7.63. The molecule has 1 aromatic carbocycles. The van der Waals surface area contributed by atoms with Crippen LogP contribution in [0.4, 0.5) is 5.69 Å². The molecule has 2 nitrogen and oxygen atoms in total. The molecule has 0 aliphatic carbocycles. The summed E-state index contributed by atoms with van der Waals surface area (Å²) in [5, 5.41) is 3.54. The van der Waals surface area contributed by atoms with Crippen LogP contribution in [0.25, 0.3) is 0 Å².